The molecule has 0 amide bonds. The smallest absolute Gasteiger partial charge is 0.167 e. The molecule has 20 heavy (non-hydrogen) atoms. The number of halogens is 2. The van der Waals surface area contributed by atoms with Crippen LogP contribution in [-0.2, 0) is 6.61 Å². The third-order valence-corrected chi connectivity index (χ3v) is 2.84. The highest BCUT2D eigenvalue weighted by atomic mass is 19.1. The summed E-state index contributed by atoms with van der Waals surface area (Å²) in [6.45, 7) is 0.0436. The minimum atomic E-state index is -0.712. The van der Waals surface area contributed by atoms with Crippen molar-refractivity contribution in [2.24, 2.45) is 0 Å². The second kappa shape index (κ2) is 4.80. The quantitative estimate of drug-likeness (QED) is 0.748. The fourth-order valence-electron chi connectivity index (χ4n) is 1.86. The van der Waals surface area contributed by atoms with E-state index in [9.17, 15) is 8.78 Å². The van der Waals surface area contributed by atoms with Crippen LogP contribution in [0.15, 0.2) is 42.7 Å². The van der Waals surface area contributed by atoms with Gasteiger partial charge in [-0.25, -0.2) is 13.8 Å². The molecule has 0 fully saturated rings. The molecule has 0 saturated carbocycles. The van der Waals surface area contributed by atoms with E-state index in [4.69, 9.17) is 10.5 Å². The van der Waals surface area contributed by atoms with Gasteiger partial charge in [0.1, 0.15) is 18.1 Å². The number of imidazole rings is 1. The Kier molecular flexibility index (Phi) is 2.98. The molecule has 0 unspecified atom stereocenters. The molecule has 0 aliphatic rings. The molecule has 3 rings (SSSR count). The Morgan fingerprint density at radius 2 is 2.05 bits per heavy atom. The molecule has 4 nitrogen and oxygen atoms in total. The lowest BCUT2D eigenvalue weighted by Crippen LogP contribution is -2.00. The van der Waals surface area contributed by atoms with Gasteiger partial charge in [-0.1, -0.05) is 6.07 Å². The van der Waals surface area contributed by atoms with Crippen molar-refractivity contribution in [2.45, 2.75) is 6.61 Å². The second-order valence-electron chi connectivity index (χ2n) is 4.29. The monoisotopic (exact) mass is 275 g/mol. The molecule has 3 aromatic rings. The number of aromatic nitrogens is 2. The van der Waals surface area contributed by atoms with Crippen LogP contribution in [0.25, 0.3) is 5.65 Å². The molecule has 102 valence electrons. The van der Waals surface area contributed by atoms with E-state index < -0.39 is 11.6 Å². The van der Waals surface area contributed by atoms with Crippen molar-refractivity contribution in [1.82, 2.24) is 9.38 Å². The normalized spacial score (nSPS) is 10.9. The Bertz CT molecular complexity index is 737. The van der Waals surface area contributed by atoms with Crippen molar-refractivity contribution < 1.29 is 13.5 Å². The van der Waals surface area contributed by atoms with Crippen LogP contribution in [-0.4, -0.2) is 9.38 Å². The van der Waals surface area contributed by atoms with Gasteiger partial charge in [0.05, 0.1) is 11.4 Å². The number of pyridine rings is 1. The minimum Gasteiger partial charge on any atom is -0.484 e. The molecule has 2 aromatic heterocycles. The van der Waals surface area contributed by atoms with Gasteiger partial charge in [-0.15, -0.1) is 0 Å². The van der Waals surface area contributed by atoms with Crippen LogP contribution in [0.5, 0.6) is 5.75 Å². The van der Waals surface area contributed by atoms with Crippen molar-refractivity contribution in [1.29, 1.82) is 0 Å². The van der Waals surface area contributed by atoms with Gasteiger partial charge in [-0.2, -0.15) is 0 Å². The van der Waals surface area contributed by atoms with E-state index in [1.165, 1.54) is 0 Å². The first kappa shape index (κ1) is 12.4. The average molecular weight is 275 g/mol. The molecule has 1 aromatic carbocycles. The molecule has 0 radical (unpaired) electrons. The fourth-order valence-corrected chi connectivity index (χ4v) is 1.86. The highest BCUT2D eigenvalue weighted by molar-refractivity contribution is 5.44. The van der Waals surface area contributed by atoms with Gasteiger partial charge >= 0.3 is 0 Å². The molecular formula is C14H11F2N3O. The summed E-state index contributed by atoms with van der Waals surface area (Å²) in [6, 6.07) is 7.40. The van der Waals surface area contributed by atoms with Crippen molar-refractivity contribution in [3.63, 3.8) is 0 Å². The third kappa shape index (κ3) is 2.27. The van der Waals surface area contributed by atoms with Crippen LogP contribution in [0.3, 0.4) is 0 Å². The summed E-state index contributed by atoms with van der Waals surface area (Å²) in [5.41, 5.74) is 6.39. The number of nitrogens with two attached hydrogens (primary N) is 1. The molecular weight excluding hydrogens is 264 g/mol. The summed E-state index contributed by atoms with van der Waals surface area (Å²) in [4.78, 5) is 4.29. The Labute approximate surface area is 113 Å². The Morgan fingerprint density at radius 3 is 2.85 bits per heavy atom. The summed E-state index contributed by atoms with van der Waals surface area (Å²) in [5.74, 6) is -1.60. The maximum Gasteiger partial charge on any atom is 0.167 e. The van der Waals surface area contributed by atoms with Gasteiger partial charge in [0.15, 0.2) is 11.6 Å². The summed E-state index contributed by atoms with van der Waals surface area (Å²) in [6.07, 6.45) is 3.61. The van der Waals surface area contributed by atoms with E-state index in [-0.39, 0.29) is 18.0 Å². The standard InChI is InChI=1S/C14H11F2N3O/c15-10-6-13(11(16)5-12(10)17)20-8-9-7-19-4-2-1-3-14(19)18-9/h1-7H,8,17H2. The number of nitrogens with zero attached hydrogens (tertiary/aromatic N) is 2. The summed E-state index contributed by atoms with van der Waals surface area (Å²) < 4.78 is 33.9. The Morgan fingerprint density at radius 1 is 1.20 bits per heavy atom. The van der Waals surface area contributed by atoms with E-state index >= 15 is 0 Å². The van der Waals surface area contributed by atoms with Crippen molar-refractivity contribution in [3.8, 4) is 5.75 Å². The zero-order chi connectivity index (χ0) is 14.1. The fraction of sp³-hybridized carbons (Fsp3) is 0.0714. The summed E-state index contributed by atoms with van der Waals surface area (Å²) >= 11 is 0. The van der Waals surface area contributed by atoms with Crippen LogP contribution in [0, 0.1) is 11.6 Å². The molecule has 2 N–H and O–H groups in total. The molecule has 0 aliphatic carbocycles. The first-order valence-corrected chi connectivity index (χ1v) is 5.93. The highest BCUT2D eigenvalue weighted by Crippen LogP contribution is 2.23. The number of hydrogen-bond acceptors (Lipinski definition) is 3. The van der Waals surface area contributed by atoms with Crippen molar-refractivity contribution in [2.75, 3.05) is 5.73 Å². The zero-order valence-corrected chi connectivity index (χ0v) is 10.4. The number of nitrogen functional groups attached to an aromatic ring is 1. The van der Waals surface area contributed by atoms with Gasteiger partial charge in [0.2, 0.25) is 0 Å². The number of fused-ring (bicyclic) bond motifs is 1. The maximum atomic E-state index is 13.5. The van der Waals surface area contributed by atoms with Crippen LogP contribution in [0.2, 0.25) is 0 Å². The maximum absolute atomic E-state index is 13.5. The minimum absolute atomic E-state index is 0.0436. The summed E-state index contributed by atoms with van der Waals surface area (Å²) in [7, 11) is 0. The average Bonchev–Trinajstić information content (AvgIpc) is 2.84. The zero-order valence-electron chi connectivity index (χ0n) is 10.4. The van der Waals surface area contributed by atoms with Crippen molar-refractivity contribution >= 4 is 11.3 Å². The molecule has 0 atom stereocenters. The SMILES string of the molecule is Nc1cc(F)c(OCc2cn3ccccc3n2)cc1F. The lowest BCUT2D eigenvalue weighted by Gasteiger charge is -2.06. The van der Waals surface area contributed by atoms with E-state index in [1.54, 1.807) is 6.20 Å². The lowest BCUT2D eigenvalue weighted by molar-refractivity contribution is 0.285. The van der Waals surface area contributed by atoms with Gasteiger partial charge < -0.3 is 14.9 Å². The van der Waals surface area contributed by atoms with E-state index in [1.807, 2.05) is 28.8 Å². The number of ether oxygens (including phenoxy) is 1. The van der Waals surface area contributed by atoms with Crippen molar-refractivity contribution in [3.05, 3.63) is 60.1 Å². The topological polar surface area (TPSA) is 52.5 Å². The van der Waals surface area contributed by atoms with E-state index in [2.05, 4.69) is 4.98 Å². The molecule has 0 aliphatic heterocycles. The number of hydrogen-bond donors (Lipinski definition) is 1. The molecule has 2 heterocycles. The number of rotatable bonds is 3. The van der Waals surface area contributed by atoms with E-state index in [0.29, 0.717) is 5.69 Å². The highest BCUT2D eigenvalue weighted by Gasteiger charge is 2.10. The molecule has 0 spiro atoms. The largest absolute Gasteiger partial charge is 0.484 e. The second-order valence-corrected chi connectivity index (χ2v) is 4.29. The Balaban J connectivity index is 1.81. The lowest BCUT2D eigenvalue weighted by atomic mass is 10.3. The van der Waals surface area contributed by atoms with Crippen LogP contribution < -0.4 is 10.5 Å². The number of benzene rings is 1. The number of anilines is 1. The predicted molar refractivity (Wildman–Crippen MR) is 70.3 cm³/mol. The molecule has 6 heteroatoms. The molecule has 0 saturated heterocycles. The van der Waals surface area contributed by atoms with Gasteiger partial charge in [-0.05, 0) is 12.1 Å². The molecule has 0 bridgehead atoms. The van der Waals surface area contributed by atoms with Gasteiger partial charge in [0.25, 0.3) is 0 Å². The first-order chi connectivity index (χ1) is 9.63. The predicted octanol–water partition coefficient (Wildman–Crippen LogP) is 2.77. The van der Waals surface area contributed by atoms with E-state index in [0.717, 1.165) is 17.8 Å². The van der Waals surface area contributed by atoms with Crippen LogP contribution in [0.4, 0.5) is 14.5 Å². The first-order valence-electron chi connectivity index (χ1n) is 5.93. The van der Waals surface area contributed by atoms with Crippen LogP contribution in [0.1, 0.15) is 5.69 Å². The third-order valence-electron chi connectivity index (χ3n) is 2.84. The Hall–Kier alpha value is -2.63. The van der Waals surface area contributed by atoms with Gasteiger partial charge in [0, 0.05) is 24.5 Å². The van der Waals surface area contributed by atoms with Gasteiger partial charge in [-0.3, -0.25) is 0 Å². The summed E-state index contributed by atoms with van der Waals surface area (Å²) in [5, 5.41) is 0. The van der Waals surface area contributed by atoms with Crippen LogP contribution >= 0.6 is 0 Å².